The second-order valence-corrected chi connectivity index (χ2v) is 10.8. The molecule has 0 N–H and O–H groups in total. The van der Waals surface area contributed by atoms with Crippen molar-refractivity contribution in [2.45, 2.75) is 31.6 Å². The number of aromatic nitrogens is 1. The number of fused-ring (bicyclic) bond motifs is 1. The Morgan fingerprint density at radius 3 is 2.52 bits per heavy atom. The summed E-state index contributed by atoms with van der Waals surface area (Å²) in [5.74, 6) is 0.520. The van der Waals surface area contributed by atoms with Gasteiger partial charge in [0.2, 0.25) is 10.0 Å². The van der Waals surface area contributed by atoms with Gasteiger partial charge in [0.05, 0.1) is 6.61 Å². The highest BCUT2D eigenvalue weighted by atomic mass is 32.2. The minimum atomic E-state index is -3.67. The molecule has 1 aromatic carbocycles. The summed E-state index contributed by atoms with van der Waals surface area (Å²) in [7, 11) is -3.67. The first-order valence-corrected chi connectivity index (χ1v) is 12.2. The highest BCUT2D eigenvalue weighted by Crippen LogP contribution is 2.39. The smallest absolute Gasteiger partial charge is 0.272 e. The van der Waals surface area contributed by atoms with E-state index in [0.717, 1.165) is 0 Å². The summed E-state index contributed by atoms with van der Waals surface area (Å²) < 4.78 is 34.6. The van der Waals surface area contributed by atoms with Gasteiger partial charge in [-0.2, -0.15) is 4.31 Å². The Morgan fingerprint density at radius 2 is 1.84 bits per heavy atom. The van der Waals surface area contributed by atoms with Gasteiger partial charge in [-0.3, -0.25) is 9.78 Å². The molecule has 1 amide bonds. The molecular formula is C23H29N3O4S. The zero-order valence-electron chi connectivity index (χ0n) is 18.0. The molecule has 1 saturated heterocycles. The van der Waals surface area contributed by atoms with E-state index >= 15 is 0 Å². The maximum absolute atomic E-state index is 13.5. The second kappa shape index (κ2) is 8.59. The highest BCUT2D eigenvalue weighted by molar-refractivity contribution is 7.89. The molecule has 166 valence electrons. The fourth-order valence-electron chi connectivity index (χ4n) is 4.36. The van der Waals surface area contributed by atoms with Crippen LogP contribution in [0.4, 0.5) is 0 Å². The number of piperidine rings is 1. The minimum absolute atomic E-state index is 0.0841. The van der Waals surface area contributed by atoms with Gasteiger partial charge in [0.25, 0.3) is 5.91 Å². The predicted octanol–water partition coefficient (Wildman–Crippen LogP) is 3.04. The number of hydrogen-bond donors (Lipinski definition) is 0. The lowest BCUT2D eigenvalue weighted by atomic mass is 9.78. The molecule has 0 saturated carbocycles. The molecule has 1 aromatic heterocycles. The van der Waals surface area contributed by atoms with Gasteiger partial charge in [0.15, 0.2) is 0 Å². The molecule has 7 nitrogen and oxygen atoms in total. The lowest BCUT2D eigenvalue weighted by Gasteiger charge is -2.45. The van der Waals surface area contributed by atoms with E-state index in [1.165, 1.54) is 0 Å². The molecule has 0 unspecified atom stereocenters. The molecule has 0 radical (unpaired) electrons. The van der Waals surface area contributed by atoms with Crippen LogP contribution in [-0.2, 0) is 10.0 Å². The van der Waals surface area contributed by atoms with E-state index in [1.54, 1.807) is 53.0 Å². The van der Waals surface area contributed by atoms with Gasteiger partial charge < -0.3 is 9.64 Å². The Balaban J connectivity index is 1.59. The van der Waals surface area contributed by atoms with Gasteiger partial charge in [-0.1, -0.05) is 32.0 Å². The van der Waals surface area contributed by atoms with Gasteiger partial charge in [-0.05, 0) is 43.0 Å². The molecule has 0 atom stereocenters. The number of hydrogen-bond acceptors (Lipinski definition) is 5. The Morgan fingerprint density at radius 1 is 1.13 bits per heavy atom. The van der Waals surface area contributed by atoms with Crippen LogP contribution in [0.1, 0.15) is 37.2 Å². The van der Waals surface area contributed by atoms with Crippen molar-refractivity contribution in [2.24, 2.45) is 11.3 Å². The number of nitrogens with zero attached hydrogens (tertiary/aromatic N) is 3. The van der Waals surface area contributed by atoms with Crippen molar-refractivity contribution in [3.8, 4) is 5.75 Å². The average Bonchev–Trinajstić information content (AvgIpc) is 2.77. The van der Waals surface area contributed by atoms with E-state index in [-0.39, 0.29) is 22.1 Å². The summed E-state index contributed by atoms with van der Waals surface area (Å²) >= 11 is 0. The number of pyridine rings is 1. The second-order valence-electron chi connectivity index (χ2n) is 8.93. The number of carbonyl (C=O) groups excluding carboxylic acids is 1. The molecule has 1 fully saturated rings. The number of likely N-dealkylation sites (tertiary alicyclic amines) is 1. The van der Waals surface area contributed by atoms with Crippen molar-refractivity contribution in [1.82, 2.24) is 14.2 Å². The maximum Gasteiger partial charge on any atom is 0.272 e. The van der Waals surface area contributed by atoms with E-state index in [9.17, 15) is 13.2 Å². The number of benzene rings is 1. The van der Waals surface area contributed by atoms with Crippen molar-refractivity contribution < 1.29 is 17.9 Å². The molecular weight excluding hydrogens is 414 g/mol. The van der Waals surface area contributed by atoms with Crippen LogP contribution in [0.5, 0.6) is 5.75 Å². The molecule has 3 heterocycles. The van der Waals surface area contributed by atoms with Gasteiger partial charge >= 0.3 is 0 Å². The molecule has 2 aliphatic rings. The molecule has 0 aliphatic carbocycles. The number of para-hydroxylation sites is 1. The first kappa shape index (κ1) is 21.8. The first-order valence-electron chi connectivity index (χ1n) is 10.7. The highest BCUT2D eigenvalue weighted by Gasteiger charge is 2.43. The number of sulfonamides is 1. The number of rotatable bonds is 3. The summed E-state index contributed by atoms with van der Waals surface area (Å²) in [5, 5.41) is 0. The van der Waals surface area contributed by atoms with E-state index in [1.807, 2.05) is 18.7 Å². The molecule has 4 rings (SSSR count). The van der Waals surface area contributed by atoms with Crippen LogP contribution in [0.15, 0.2) is 53.6 Å². The summed E-state index contributed by atoms with van der Waals surface area (Å²) in [6.45, 7) is 6.43. The largest absolute Gasteiger partial charge is 0.492 e. The van der Waals surface area contributed by atoms with Crippen molar-refractivity contribution in [3.05, 3.63) is 54.4 Å². The summed E-state index contributed by atoms with van der Waals surface area (Å²) in [6.07, 6.45) is 2.98. The zero-order chi connectivity index (χ0) is 22.1. The number of carbonyl (C=O) groups is 1. The normalized spacial score (nSPS) is 20.5. The molecule has 31 heavy (non-hydrogen) atoms. The summed E-state index contributed by atoms with van der Waals surface area (Å²) in [6, 6.07) is 12.2. The lowest BCUT2D eigenvalue weighted by molar-refractivity contribution is 0.0287. The third-order valence-corrected chi connectivity index (χ3v) is 7.93. The molecule has 0 bridgehead atoms. The van der Waals surface area contributed by atoms with Crippen LogP contribution in [-0.4, -0.2) is 61.3 Å². The summed E-state index contributed by atoms with van der Waals surface area (Å²) in [4.78, 5) is 19.0. The fourth-order valence-corrected chi connectivity index (χ4v) is 6.21. The van der Waals surface area contributed by atoms with E-state index < -0.39 is 10.0 Å². The molecule has 2 aliphatic heterocycles. The SMILES string of the molecule is CC(C)CN1CC2(CCN(C(=O)c3ccccn3)CC2)COc2ccccc2S1(=O)=O. The summed E-state index contributed by atoms with van der Waals surface area (Å²) in [5.41, 5.74) is 0.0986. The van der Waals surface area contributed by atoms with Gasteiger partial charge in [0.1, 0.15) is 16.3 Å². The minimum Gasteiger partial charge on any atom is -0.492 e. The van der Waals surface area contributed by atoms with E-state index in [0.29, 0.717) is 57.1 Å². The Labute approximate surface area is 184 Å². The quantitative estimate of drug-likeness (QED) is 0.729. The van der Waals surface area contributed by atoms with Crippen LogP contribution in [0, 0.1) is 11.3 Å². The Hall–Kier alpha value is -2.45. The van der Waals surface area contributed by atoms with Crippen LogP contribution >= 0.6 is 0 Å². The average molecular weight is 444 g/mol. The van der Waals surface area contributed by atoms with Crippen LogP contribution in [0.25, 0.3) is 0 Å². The van der Waals surface area contributed by atoms with Crippen molar-refractivity contribution in [1.29, 1.82) is 0 Å². The van der Waals surface area contributed by atoms with E-state index in [2.05, 4.69) is 4.98 Å². The van der Waals surface area contributed by atoms with Gasteiger partial charge in [0, 0.05) is 37.8 Å². The topological polar surface area (TPSA) is 79.8 Å². The van der Waals surface area contributed by atoms with E-state index in [4.69, 9.17) is 4.74 Å². The fraction of sp³-hybridized carbons (Fsp3) is 0.478. The first-order chi connectivity index (χ1) is 14.8. The van der Waals surface area contributed by atoms with Crippen LogP contribution in [0.3, 0.4) is 0 Å². The van der Waals surface area contributed by atoms with Gasteiger partial charge in [-0.25, -0.2) is 8.42 Å². The van der Waals surface area contributed by atoms with Crippen LogP contribution in [0.2, 0.25) is 0 Å². The predicted molar refractivity (Wildman–Crippen MR) is 117 cm³/mol. The number of ether oxygens (including phenoxy) is 1. The molecule has 2 aromatic rings. The lowest BCUT2D eigenvalue weighted by Crippen LogP contribution is -2.53. The van der Waals surface area contributed by atoms with Crippen molar-refractivity contribution in [2.75, 3.05) is 32.8 Å². The number of amides is 1. The van der Waals surface area contributed by atoms with Crippen molar-refractivity contribution >= 4 is 15.9 Å². The maximum atomic E-state index is 13.5. The molecule has 8 heteroatoms. The zero-order valence-corrected chi connectivity index (χ0v) is 18.8. The Kier molecular flexibility index (Phi) is 6.03. The monoisotopic (exact) mass is 443 g/mol. The Bertz CT molecular complexity index is 1030. The van der Waals surface area contributed by atoms with Crippen molar-refractivity contribution in [3.63, 3.8) is 0 Å². The third kappa shape index (κ3) is 4.45. The third-order valence-electron chi connectivity index (χ3n) is 6.08. The van der Waals surface area contributed by atoms with Crippen LogP contribution < -0.4 is 4.74 Å². The standard InChI is InChI=1S/C23H29N3O4S/c1-18(2)15-26-16-23(17-30-20-8-3-4-9-21(20)31(26,28)29)10-13-25(14-11-23)22(27)19-7-5-6-12-24-19/h3-9,12,18H,10-11,13-17H2,1-2H3. The molecule has 1 spiro atoms. The van der Waals surface area contributed by atoms with Gasteiger partial charge in [-0.15, -0.1) is 0 Å².